The molecular formula is C17H26N2. The highest BCUT2D eigenvalue weighted by molar-refractivity contribution is 5.16. The first-order valence-electron chi connectivity index (χ1n) is 7.25. The predicted octanol–water partition coefficient (Wildman–Crippen LogP) is 2.86. The Hall–Kier alpha value is -1.12. The molecule has 0 aliphatic carbocycles. The van der Waals surface area contributed by atoms with E-state index in [1.54, 1.807) is 0 Å². The molecule has 1 saturated heterocycles. The Morgan fingerprint density at radius 2 is 2.05 bits per heavy atom. The largest absolute Gasteiger partial charge is 0.311 e. The lowest BCUT2D eigenvalue weighted by molar-refractivity contribution is 0.0785. The van der Waals surface area contributed by atoms with Crippen LogP contribution in [0.2, 0.25) is 0 Å². The summed E-state index contributed by atoms with van der Waals surface area (Å²) in [6.45, 7) is 9.96. The summed E-state index contributed by atoms with van der Waals surface area (Å²) in [5.41, 5.74) is 1.66. The van der Waals surface area contributed by atoms with Crippen molar-refractivity contribution in [2.24, 2.45) is 0 Å². The van der Waals surface area contributed by atoms with E-state index in [1.165, 1.54) is 5.56 Å². The fourth-order valence-corrected chi connectivity index (χ4v) is 2.67. The van der Waals surface area contributed by atoms with Crippen LogP contribution in [-0.4, -0.2) is 36.1 Å². The Labute approximate surface area is 117 Å². The van der Waals surface area contributed by atoms with Crippen LogP contribution in [-0.2, 0) is 6.42 Å². The van der Waals surface area contributed by atoms with Gasteiger partial charge >= 0.3 is 0 Å². The van der Waals surface area contributed by atoms with E-state index in [4.69, 9.17) is 0 Å². The van der Waals surface area contributed by atoms with E-state index in [-0.39, 0.29) is 5.54 Å². The van der Waals surface area contributed by atoms with Crippen LogP contribution in [0.4, 0.5) is 0 Å². The molecule has 1 aliphatic heterocycles. The molecule has 0 bridgehead atoms. The molecule has 0 saturated carbocycles. The van der Waals surface area contributed by atoms with Gasteiger partial charge in [-0.15, -0.1) is 0 Å². The molecule has 1 N–H and O–H groups in total. The van der Waals surface area contributed by atoms with E-state index in [1.807, 2.05) is 0 Å². The van der Waals surface area contributed by atoms with Gasteiger partial charge in [-0.05, 0) is 32.8 Å². The first-order chi connectivity index (χ1) is 9.12. The fraction of sp³-hybridized carbons (Fsp3) is 0.529. The van der Waals surface area contributed by atoms with Crippen molar-refractivity contribution in [2.75, 3.05) is 19.6 Å². The third kappa shape index (κ3) is 3.92. The topological polar surface area (TPSA) is 15.3 Å². The second-order valence-electron chi connectivity index (χ2n) is 6.05. The van der Waals surface area contributed by atoms with Gasteiger partial charge in [0.15, 0.2) is 0 Å². The van der Waals surface area contributed by atoms with Crippen molar-refractivity contribution in [1.29, 1.82) is 0 Å². The average Bonchev–Trinajstić information content (AvgIpc) is 2.40. The SMILES string of the molecule is C/C=C/CN1CC(Cc2ccccc2)NCC1(C)C. The highest BCUT2D eigenvalue weighted by atomic mass is 15.3. The normalized spacial score (nSPS) is 23.8. The number of hydrogen-bond acceptors (Lipinski definition) is 2. The van der Waals surface area contributed by atoms with Gasteiger partial charge in [-0.25, -0.2) is 0 Å². The van der Waals surface area contributed by atoms with Crippen LogP contribution in [0.25, 0.3) is 0 Å². The van der Waals surface area contributed by atoms with Gasteiger partial charge in [-0.2, -0.15) is 0 Å². The Morgan fingerprint density at radius 3 is 2.74 bits per heavy atom. The molecule has 0 amide bonds. The molecule has 19 heavy (non-hydrogen) atoms. The number of hydrogen-bond donors (Lipinski definition) is 1. The second kappa shape index (κ2) is 6.36. The van der Waals surface area contributed by atoms with Crippen molar-refractivity contribution in [3.63, 3.8) is 0 Å². The van der Waals surface area contributed by atoms with Gasteiger partial charge in [0, 0.05) is 31.2 Å². The maximum absolute atomic E-state index is 3.70. The lowest BCUT2D eigenvalue weighted by Gasteiger charge is -2.46. The highest BCUT2D eigenvalue weighted by Crippen LogP contribution is 2.20. The minimum Gasteiger partial charge on any atom is -0.311 e. The van der Waals surface area contributed by atoms with Crippen LogP contribution in [0.5, 0.6) is 0 Å². The minimum atomic E-state index is 0.243. The third-order valence-corrected chi connectivity index (χ3v) is 4.01. The zero-order valence-electron chi connectivity index (χ0n) is 12.4. The van der Waals surface area contributed by atoms with Crippen LogP contribution >= 0.6 is 0 Å². The zero-order chi connectivity index (χ0) is 13.7. The molecule has 1 fully saturated rings. The van der Waals surface area contributed by atoms with E-state index in [9.17, 15) is 0 Å². The summed E-state index contributed by atoms with van der Waals surface area (Å²) in [5.74, 6) is 0. The van der Waals surface area contributed by atoms with Crippen molar-refractivity contribution in [1.82, 2.24) is 10.2 Å². The first kappa shape index (κ1) is 14.3. The Morgan fingerprint density at radius 1 is 1.32 bits per heavy atom. The summed E-state index contributed by atoms with van der Waals surface area (Å²) >= 11 is 0. The number of rotatable bonds is 4. The summed E-state index contributed by atoms with van der Waals surface area (Å²) in [7, 11) is 0. The monoisotopic (exact) mass is 258 g/mol. The van der Waals surface area contributed by atoms with Gasteiger partial charge in [-0.3, -0.25) is 4.90 Å². The summed E-state index contributed by atoms with van der Waals surface area (Å²) in [6, 6.07) is 11.3. The van der Waals surface area contributed by atoms with Gasteiger partial charge in [0.05, 0.1) is 0 Å². The molecule has 1 heterocycles. The molecule has 1 aromatic carbocycles. The minimum absolute atomic E-state index is 0.243. The molecule has 2 nitrogen and oxygen atoms in total. The van der Waals surface area contributed by atoms with Crippen molar-refractivity contribution >= 4 is 0 Å². The number of nitrogens with one attached hydrogen (secondary N) is 1. The van der Waals surface area contributed by atoms with Crippen molar-refractivity contribution in [3.05, 3.63) is 48.0 Å². The number of piperazine rings is 1. The van der Waals surface area contributed by atoms with E-state index in [0.717, 1.165) is 26.1 Å². The quantitative estimate of drug-likeness (QED) is 0.836. The van der Waals surface area contributed by atoms with Gasteiger partial charge in [0.2, 0.25) is 0 Å². The van der Waals surface area contributed by atoms with E-state index in [0.29, 0.717) is 6.04 Å². The molecule has 104 valence electrons. The molecule has 1 atom stereocenters. The lowest BCUT2D eigenvalue weighted by atomic mass is 9.94. The Kier molecular flexibility index (Phi) is 4.78. The number of nitrogens with zero attached hydrogens (tertiary/aromatic N) is 1. The van der Waals surface area contributed by atoms with Gasteiger partial charge in [0.25, 0.3) is 0 Å². The second-order valence-corrected chi connectivity index (χ2v) is 6.05. The number of benzene rings is 1. The fourth-order valence-electron chi connectivity index (χ4n) is 2.67. The van der Waals surface area contributed by atoms with Crippen LogP contribution < -0.4 is 5.32 Å². The van der Waals surface area contributed by atoms with E-state index in [2.05, 4.69) is 73.5 Å². The molecule has 1 aliphatic rings. The van der Waals surface area contributed by atoms with Crippen molar-refractivity contribution in [2.45, 2.75) is 38.8 Å². The smallest absolute Gasteiger partial charge is 0.0281 e. The molecule has 2 rings (SSSR count). The maximum atomic E-state index is 3.70. The Balaban J connectivity index is 1.97. The average molecular weight is 258 g/mol. The van der Waals surface area contributed by atoms with E-state index < -0.39 is 0 Å². The molecule has 1 unspecified atom stereocenters. The summed E-state index contributed by atoms with van der Waals surface area (Å²) in [4.78, 5) is 2.58. The van der Waals surface area contributed by atoms with Crippen molar-refractivity contribution < 1.29 is 0 Å². The van der Waals surface area contributed by atoms with Gasteiger partial charge < -0.3 is 5.32 Å². The summed E-state index contributed by atoms with van der Waals surface area (Å²) in [5, 5.41) is 3.70. The first-order valence-corrected chi connectivity index (χ1v) is 7.25. The third-order valence-electron chi connectivity index (χ3n) is 4.01. The van der Waals surface area contributed by atoms with Crippen LogP contribution in [0, 0.1) is 0 Å². The molecule has 0 spiro atoms. The Bertz CT molecular complexity index is 409. The van der Waals surface area contributed by atoms with Crippen LogP contribution in [0.15, 0.2) is 42.5 Å². The van der Waals surface area contributed by atoms with Gasteiger partial charge in [0.1, 0.15) is 0 Å². The standard InChI is InChI=1S/C17H26N2/c1-4-5-11-19-13-16(18-14-17(19,2)3)12-15-9-7-6-8-10-15/h4-10,16,18H,11-14H2,1-3H3/b5-4+. The predicted molar refractivity (Wildman–Crippen MR) is 82.4 cm³/mol. The van der Waals surface area contributed by atoms with Crippen molar-refractivity contribution in [3.8, 4) is 0 Å². The summed E-state index contributed by atoms with van der Waals surface area (Å²) < 4.78 is 0. The van der Waals surface area contributed by atoms with Crippen LogP contribution in [0.3, 0.4) is 0 Å². The molecular weight excluding hydrogens is 232 g/mol. The molecule has 0 radical (unpaired) electrons. The van der Waals surface area contributed by atoms with Gasteiger partial charge in [-0.1, -0.05) is 42.5 Å². The molecule has 2 heteroatoms. The highest BCUT2D eigenvalue weighted by Gasteiger charge is 2.32. The molecule has 0 aromatic heterocycles. The van der Waals surface area contributed by atoms with E-state index >= 15 is 0 Å². The summed E-state index contributed by atoms with van der Waals surface area (Å²) in [6.07, 6.45) is 5.51. The molecule has 1 aromatic rings. The zero-order valence-corrected chi connectivity index (χ0v) is 12.4. The maximum Gasteiger partial charge on any atom is 0.0281 e. The van der Waals surface area contributed by atoms with Crippen LogP contribution in [0.1, 0.15) is 26.3 Å². The lowest BCUT2D eigenvalue weighted by Crippen LogP contribution is -2.62. The number of allylic oxidation sites excluding steroid dienone is 1.